The van der Waals surface area contributed by atoms with Crippen molar-refractivity contribution < 1.29 is 0 Å². The smallest absolute Gasteiger partial charge is 0.0122 e. The van der Waals surface area contributed by atoms with E-state index in [4.69, 9.17) is 0 Å². The van der Waals surface area contributed by atoms with Crippen molar-refractivity contribution in [2.45, 2.75) is 33.1 Å². The average Bonchev–Trinajstić information content (AvgIpc) is 2.43. The van der Waals surface area contributed by atoms with Gasteiger partial charge in [-0.1, -0.05) is 11.6 Å². The van der Waals surface area contributed by atoms with Crippen LogP contribution in [0.15, 0.2) is 22.8 Å². The molecule has 1 unspecified atom stereocenters. The van der Waals surface area contributed by atoms with Crippen LogP contribution in [0, 0.1) is 5.92 Å². The molecule has 2 aliphatic rings. The molecule has 54 valence electrons. The van der Waals surface area contributed by atoms with Gasteiger partial charge in [0.1, 0.15) is 0 Å². The van der Waals surface area contributed by atoms with Crippen LogP contribution in [-0.2, 0) is 0 Å². The zero-order valence-electron chi connectivity index (χ0n) is 6.78. The van der Waals surface area contributed by atoms with Gasteiger partial charge in [0.05, 0.1) is 0 Å². The fourth-order valence-corrected chi connectivity index (χ4v) is 2.33. The van der Waals surface area contributed by atoms with Gasteiger partial charge in [-0.15, -0.1) is 0 Å². The molecule has 0 radical (unpaired) electrons. The maximum absolute atomic E-state index is 2.43. The van der Waals surface area contributed by atoms with E-state index in [1.54, 1.807) is 16.7 Å². The number of rotatable bonds is 0. The molecular formula is C10H14. The molecule has 0 nitrogen and oxygen atoms in total. The maximum atomic E-state index is 2.43. The van der Waals surface area contributed by atoms with Gasteiger partial charge in [-0.3, -0.25) is 0 Å². The zero-order valence-corrected chi connectivity index (χ0v) is 6.78. The van der Waals surface area contributed by atoms with Crippen molar-refractivity contribution in [2.75, 3.05) is 0 Å². The Kier molecular flexibility index (Phi) is 1.23. The third kappa shape index (κ3) is 0.681. The number of hydrogen-bond acceptors (Lipinski definition) is 0. The quantitative estimate of drug-likeness (QED) is 0.477. The van der Waals surface area contributed by atoms with Gasteiger partial charge in [0.15, 0.2) is 0 Å². The van der Waals surface area contributed by atoms with E-state index in [9.17, 15) is 0 Å². The molecule has 0 heterocycles. The van der Waals surface area contributed by atoms with Crippen molar-refractivity contribution in [1.82, 2.24) is 0 Å². The SMILES string of the molecule is CC(C)=C1C2=CCC1CC2. The van der Waals surface area contributed by atoms with Crippen molar-refractivity contribution in [3.8, 4) is 0 Å². The second-order valence-electron chi connectivity index (χ2n) is 3.61. The molecule has 0 aliphatic heterocycles. The summed E-state index contributed by atoms with van der Waals surface area (Å²) in [4.78, 5) is 0. The molecule has 0 amide bonds. The molecule has 0 aromatic carbocycles. The summed E-state index contributed by atoms with van der Waals surface area (Å²) in [6.07, 6.45) is 6.53. The average molecular weight is 134 g/mol. The van der Waals surface area contributed by atoms with Gasteiger partial charge < -0.3 is 0 Å². The molecule has 10 heavy (non-hydrogen) atoms. The molecule has 0 aromatic heterocycles. The molecule has 0 N–H and O–H groups in total. The lowest BCUT2D eigenvalue weighted by atomic mass is 10.0. The van der Waals surface area contributed by atoms with E-state index in [-0.39, 0.29) is 0 Å². The van der Waals surface area contributed by atoms with Gasteiger partial charge in [0, 0.05) is 0 Å². The van der Waals surface area contributed by atoms with E-state index < -0.39 is 0 Å². The van der Waals surface area contributed by atoms with E-state index in [0.717, 1.165) is 5.92 Å². The lowest BCUT2D eigenvalue weighted by Crippen LogP contribution is -1.91. The van der Waals surface area contributed by atoms with Crippen molar-refractivity contribution in [1.29, 1.82) is 0 Å². The first-order valence-corrected chi connectivity index (χ1v) is 4.16. The van der Waals surface area contributed by atoms with Gasteiger partial charge in [0.25, 0.3) is 0 Å². The Morgan fingerprint density at radius 2 is 2.30 bits per heavy atom. The fraction of sp³-hybridized carbons (Fsp3) is 0.600. The minimum absolute atomic E-state index is 0.917. The predicted octanol–water partition coefficient (Wildman–Crippen LogP) is 3.06. The standard InChI is InChI=1S/C10H14/c1-7(2)10-8-3-4-9(10)6-5-8/h3,9H,4-6H2,1-2H3. The number of allylic oxidation sites excluding steroid dienone is 4. The Morgan fingerprint density at radius 1 is 1.50 bits per heavy atom. The monoisotopic (exact) mass is 134 g/mol. The van der Waals surface area contributed by atoms with Crippen LogP contribution in [0.4, 0.5) is 0 Å². The summed E-state index contributed by atoms with van der Waals surface area (Å²) in [6.45, 7) is 4.49. The molecule has 0 heteroatoms. The summed E-state index contributed by atoms with van der Waals surface area (Å²) in [5.41, 5.74) is 4.90. The molecule has 0 aromatic rings. The van der Waals surface area contributed by atoms with Gasteiger partial charge in [-0.05, 0) is 50.2 Å². The van der Waals surface area contributed by atoms with E-state index >= 15 is 0 Å². The summed E-state index contributed by atoms with van der Waals surface area (Å²) in [5.74, 6) is 0.917. The van der Waals surface area contributed by atoms with Gasteiger partial charge in [-0.2, -0.15) is 0 Å². The van der Waals surface area contributed by atoms with Gasteiger partial charge >= 0.3 is 0 Å². The molecule has 2 aliphatic carbocycles. The summed E-state index contributed by atoms with van der Waals surface area (Å²) in [6, 6.07) is 0. The molecule has 2 rings (SSSR count). The van der Waals surface area contributed by atoms with Crippen molar-refractivity contribution >= 4 is 0 Å². The van der Waals surface area contributed by atoms with Crippen molar-refractivity contribution in [2.24, 2.45) is 5.92 Å². The summed E-state index contributed by atoms with van der Waals surface area (Å²) in [7, 11) is 0. The Labute approximate surface area is 62.6 Å². The highest BCUT2D eigenvalue weighted by Crippen LogP contribution is 2.45. The maximum Gasteiger partial charge on any atom is -0.0122 e. The normalized spacial score (nSPS) is 29.2. The molecule has 1 fully saturated rings. The molecule has 1 atom stereocenters. The summed E-state index contributed by atoms with van der Waals surface area (Å²) >= 11 is 0. The summed E-state index contributed by atoms with van der Waals surface area (Å²) in [5, 5.41) is 0. The van der Waals surface area contributed by atoms with Gasteiger partial charge in [0.2, 0.25) is 0 Å². The van der Waals surface area contributed by atoms with Crippen LogP contribution < -0.4 is 0 Å². The third-order valence-corrected chi connectivity index (χ3v) is 2.70. The Hall–Kier alpha value is -0.520. The molecular weight excluding hydrogens is 120 g/mol. The lowest BCUT2D eigenvalue weighted by molar-refractivity contribution is 0.630. The second kappa shape index (κ2) is 1.98. The van der Waals surface area contributed by atoms with Gasteiger partial charge in [-0.25, -0.2) is 0 Å². The van der Waals surface area contributed by atoms with E-state index in [1.807, 2.05) is 0 Å². The Bertz CT molecular complexity index is 214. The highest BCUT2D eigenvalue weighted by molar-refractivity contribution is 5.44. The van der Waals surface area contributed by atoms with E-state index in [2.05, 4.69) is 19.9 Å². The minimum atomic E-state index is 0.917. The molecule has 1 saturated carbocycles. The molecule has 0 spiro atoms. The van der Waals surface area contributed by atoms with Crippen LogP contribution >= 0.6 is 0 Å². The van der Waals surface area contributed by atoms with Crippen molar-refractivity contribution in [3.63, 3.8) is 0 Å². The molecule has 2 bridgehead atoms. The predicted molar refractivity (Wildman–Crippen MR) is 43.8 cm³/mol. The third-order valence-electron chi connectivity index (χ3n) is 2.70. The number of fused-ring (bicyclic) bond motifs is 2. The Balaban J connectivity index is 2.44. The minimum Gasteiger partial charge on any atom is -0.0804 e. The second-order valence-corrected chi connectivity index (χ2v) is 3.61. The van der Waals surface area contributed by atoms with Crippen LogP contribution in [0.25, 0.3) is 0 Å². The summed E-state index contributed by atoms with van der Waals surface area (Å²) < 4.78 is 0. The highest BCUT2D eigenvalue weighted by Gasteiger charge is 2.29. The topological polar surface area (TPSA) is 0 Å². The van der Waals surface area contributed by atoms with Crippen LogP contribution in [0.2, 0.25) is 0 Å². The molecule has 0 saturated heterocycles. The fourth-order valence-electron chi connectivity index (χ4n) is 2.33. The van der Waals surface area contributed by atoms with Crippen LogP contribution in [-0.4, -0.2) is 0 Å². The van der Waals surface area contributed by atoms with Crippen LogP contribution in [0.5, 0.6) is 0 Å². The Morgan fingerprint density at radius 3 is 2.50 bits per heavy atom. The first kappa shape index (κ1) is 6.21. The lowest BCUT2D eigenvalue weighted by Gasteiger charge is -2.04. The van der Waals surface area contributed by atoms with Crippen LogP contribution in [0.1, 0.15) is 33.1 Å². The number of hydrogen-bond donors (Lipinski definition) is 0. The van der Waals surface area contributed by atoms with E-state index in [0.29, 0.717) is 0 Å². The van der Waals surface area contributed by atoms with E-state index in [1.165, 1.54) is 19.3 Å². The first-order chi connectivity index (χ1) is 4.79. The largest absolute Gasteiger partial charge is 0.0804 e. The first-order valence-electron chi connectivity index (χ1n) is 4.16. The van der Waals surface area contributed by atoms with Crippen LogP contribution in [0.3, 0.4) is 0 Å². The highest BCUT2D eigenvalue weighted by atomic mass is 14.3. The van der Waals surface area contributed by atoms with Crippen molar-refractivity contribution in [3.05, 3.63) is 22.8 Å². The zero-order chi connectivity index (χ0) is 7.14.